The van der Waals surface area contributed by atoms with E-state index >= 15 is 0 Å². The van der Waals surface area contributed by atoms with Crippen molar-refractivity contribution in [2.45, 2.75) is 12.2 Å². The second kappa shape index (κ2) is 5.06. The molecular weight excluding hydrogens is 227 g/mol. The monoisotopic (exact) mass is 237 g/mol. The molecule has 0 aromatic heterocycles. The van der Waals surface area contributed by atoms with Crippen LogP contribution in [0.15, 0.2) is 4.99 Å². The van der Waals surface area contributed by atoms with E-state index in [1.807, 2.05) is 0 Å². The molecule has 0 spiro atoms. The average molecular weight is 237 g/mol. The van der Waals surface area contributed by atoms with E-state index in [1.165, 1.54) is 0 Å². The van der Waals surface area contributed by atoms with E-state index < -0.39 is 18.1 Å². The van der Waals surface area contributed by atoms with Crippen molar-refractivity contribution in [2.24, 2.45) is 4.99 Å². The van der Waals surface area contributed by atoms with Crippen LogP contribution in [0.4, 0.5) is 13.2 Å². The largest absolute Gasteiger partial charge is 0.471 e. The molecule has 0 radical (unpaired) electrons. The van der Waals surface area contributed by atoms with Crippen LogP contribution in [0.1, 0.15) is 0 Å². The van der Waals surface area contributed by atoms with Gasteiger partial charge >= 0.3 is 12.1 Å². The van der Waals surface area contributed by atoms with Crippen molar-refractivity contribution < 1.29 is 22.8 Å². The summed E-state index contributed by atoms with van der Waals surface area (Å²) in [5.41, 5.74) is 0.119. The van der Waals surface area contributed by atoms with E-state index in [2.05, 4.69) is 10.3 Å². The fraction of sp³-hybridized carbons (Fsp3) is 0.625. The molecule has 1 unspecified atom stereocenters. The molecule has 1 amide bonds. The quantitative estimate of drug-likeness (QED) is 0.636. The molecule has 1 rings (SSSR count). The first-order chi connectivity index (χ1) is 7.45. The third-order valence-corrected chi connectivity index (χ3v) is 2.00. The lowest BCUT2D eigenvalue weighted by Gasteiger charge is -2.22. The molecule has 0 saturated carbocycles. The predicted molar refractivity (Wildman–Crippen MR) is 49.2 cm³/mol. The fourth-order valence-electron chi connectivity index (χ4n) is 1.23. The maximum absolute atomic E-state index is 11.9. The van der Waals surface area contributed by atoms with Gasteiger partial charge in [-0.05, 0) is 0 Å². The number of hydrogen-bond acceptors (Lipinski definition) is 4. The smallest absolute Gasteiger partial charge is 0.346 e. The van der Waals surface area contributed by atoms with Crippen LogP contribution < -0.4 is 10.6 Å². The molecule has 0 aromatic rings. The first-order valence-corrected chi connectivity index (χ1v) is 4.53. The Morgan fingerprint density at radius 3 is 2.88 bits per heavy atom. The molecule has 16 heavy (non-hydrogen) atoms. The Morgan fingerprint density at radius 1 is 1.62 bits per heavy atom. The maximum Gasteiger partial charge on any atom is 0.471 e. The van der Waals surface area contributed by atoms with Crippen LogP contribution in [0.2, 0.25) is 0 Å². The lowest BCUT2D eigenvalue weighted by molar-refractivity contribution is -0.173. The molecule has 90 valence electrons. The zero-order valence-corrected chi connectivity index (χ0v) is 8.17. The van der Waals surface area contributed by atoms with Gasteiger partial charge in [0.15, 0.2) is 6.29 Å². The molecule has 1 aliphatic heterocycles. The van der Waals surface area contributed by atoms with Crippen LogP contribution in [0.3, 0.4) is 0 Å². The van der Waals surface area contributed by atoms with Gasteiger partial charge in [-0.3, -0.25) is 14.6 Å². The van der Waals surface area contributed by atoms with Crippen LogP contribution in [0, 0.1) is 0 Å². The van der Waals surface area contributed by atoms with Crippen molar-refractivity contribution in [3.8, 4) is 0 Å². The first-order valence-electron chi connectivity index (χ1n) is 4.53. The van der Waals surface area contributed by atoms with Gasteiger partial charge in [0.05, 0.1) is 18.3 Å². The number of carbonyl (C=O) groups is 2. The van der Waals surface area contributed by atoms with E-state index in [0.717, 1.165) is 0 Å². The van der Waals surface area contributed by atoms with Crippen molar-refractivity contribution in [1.82, 2.24) is 10.6 Å². The third-order valence-electron chi connectivity index (χ3n) is 2.00. The lowest BCUT2D eigenvalue weighted by Crippen LogP contribution is -2.51. The molecule has 5 nitrogen and oxygen atoms in total. The Labute approximate surface area is 89.1 Å². The Morgan fingerprint density at radius 2 is 2.31 bits per heavy atom. The summed E-state index contributed by atoms with van der Waals surface area (Å²) >= 11 is 0. The minimum absolute atomic E-state index is 0.119. The number of nitrogens with zero attached hydrogens (tertiary/aromatic N) is 1. The van der Waals surface area contributed by atoms with Gasteiger partial charge in [-0.25, -0.2) is 0 Å². The van der Waals surface area contributed by atoms with Gasteiger partial charge < -0.3 is 10.6 Å². The van der Waals surface area contributed by atoms with Crippen molar-refractivity contribution in [3.63, 3.8) is 0 Å². The third kappa shape index (κ3) is 3.30. The van der Waals surface area contributed by atoms with E-state index in [9.17, 15) is 22.8 Å². The highest BCUT2D eigenvalue weighted by molar-refractivity contribution is 6.31. The van der Waals surface area contributed by atoms with Gasteiger partial charge in [0.2, 0.25) is 0 Å². The van der Waals surface area contributed by atoms with E-state index in [1.54, 1.807) is 5.32 Å². The topological polar surface area (TPSA) is 70.6 Å². The second-order valence-corrected chi connectivity index (χ2v) is 3.14. The minimum atomic E-state index is -4.91. The molecular formula is C8H10F3N3O2. The molecule has 0 bridgehead atoms. The number of hydrogen-bond donors (Lipinski definition) is 2. The van der Waals surface area contributed by atoms with Crippen molar-refractivity contribution in [3.05, 3.63) is 0 Å². The van der Waals surface area contributed by atoms with Crippen LogP contribution in [-0.4, -0.2) is 49.8 Å². The maximum atomic E-state index is 11.9. The molecule has 2 N–H and O–H groups in total. The molecule has 1 aliphatic rings. The average Bonchev–Trinajstić information content (AvgIpc) is 2.24. The lowest BCUT2D eigenvalue weighted by atomic mass is 10.1. The Hall–Kier alpha value is -1.44. The molecule has 0 aliphatic carbocycles. The highest BCUT2D eigenvalue weighted by atomic mass is 19.4. The number of amides is 1. The molecule has 1 atom stereocenters. The Kier molecular flexibility index (Phi) is 3.99. The fourth-order valence-corrected chi connectivity index (χ4v) is 1.23. The first kappa shape index (κ1) is 12.6. The number of alkyl halides is 3. The molecule has 0 saturated heterocycles. The normalized spacial score (nSPS) is 21.2. The van der Waals surface area contributed by atoms with Crippen molar-refractivity contribution in [1.29, 1.82) is 0 Å². The number of rotatable bonds is 3. The second-order valence-electron chi connectivity index (χ2n) is 3.14. The zero-order chi connectivity index (χ0) is 12.2. The Bertz CT molecular complexity index is 314. The van der Waals surface area contributed by atoms with E-state index in [0.29, 0.717) is 19.4 Å². The number of carbonyl (C=O) groups excluding carboxylic acids is 2. The summed E-state index contributed by atoms with van der Waals surface area (Å²) in [7, 11) is 0. The van der Waals surface area contributed by atoms with Gasteiger partial charge in [0.1, 0.15) is 0 Å². The van der Waals surface area contributed by atoms with Crippen LogP contribution in [0.25, 0.3) is 0 Å². The summed E-state index contributed by atoms with van der Waals surface area (Å²) in [5.74, 6) is -2.02. The summed E-state index contributed by atoms with van der Waals surface area (Å²) in [5, 5.41) is 4.47. The van der Waals surface area contributed by atoms with E-state index in [-0.39, 0.29) is 12.3 Å². The highest BCUT2D eigenvalue weighted by Gasteiger charge is 2.38. The van der Waals surface area contributed by atoms with Gasteiger partial charge in [-0.2, -0.15) is 13.2 Å². The van der Waals surface area contributed by atoms with Crippen molar-refractivity contribution >= 4 is 17.9 Å². The number of aldehydes is 1. The SMILES string of the molecule is O=CC1=NCCNC1CNC(=O)C(F)(F)F. The summed E-state index contributed by atoms with van der Waals surface area (Å²) in [6, 6.07) is -0.655. The molecule has 1 heterocycles. The number of halogens is 3. The Balaban J connectivity index is 2.49. The van der Waals surface area contributed by atoms with Gasteiger partial charge in [0.25, 0.3) is 0 Å². The van der Waals surface area contributed by atoms with E-state index in [4.69, 9.17) is 0 Å². The van der Waals surface area contributed by atoms with Crippen LogP contribution in [-0.2, 0) is 9.59 Å². The highest BCUT2D eigenvalue weighted by Crippen LogP contribution is 2.13. The zero-order valence-electron chi connectivity index (χ0n) is 8.17. The summed E-state index contributed by atoms with van der Waals surface area (Å²) in [6.07, 6.45) is -4.44. The van der Waals surface area contributed by atoms with Crippen LogP contribution >= 0.6 is 0 Å². The number of nitrogens with one attached hydrogen (secondary N) is 2. The van der Waals surface area contributed by atoms with Gasteiger partial charge in [-0.15, -0.1) is 0 Å². The molecule has 0 fully saturated rings. The summed E-state index contributed by atoms with van der Waals surface area (Å²) in [4.78, 5) is 24.8. The molecule has 8 heteroatoms. The molecule has 0 aromatic carbocycles. The van der Waals surface area contributed by atoms with Crippen LogP contribution in [0.5, 0.6) is 0 Å². The van der Waals surface area contributed by atoms with Gasteiger partial charge in [0, 0.05) is 13.1 Å². The minimum Gasteiger partial charge on any atom is -0.346 e. The van der Waals surface area contributed by atoms with Crippen molar-refractivity contribution in [2.75, 3.05) is 19.6 Å². The summed E-state index contributed by atoms with van der Waals surface area (Å²) < 4.78 is 35.6. The standard InChI is InChI=1S/C8H10F3N3O2/c9-8(10,11)7(16)14-3-5-6(4-15)13-2-1-12-5/h4-5,12H,1-3H2,(H,14,16). The summed E-state index contributed by atoms with van der Waals surface area (Å²) in [6.45, 7) is 0.553. The predicted octanol–water partition coefficient (Wildman–Crippen LogP) is -0.723. The number of aliphatic imine (C=N–C) groups is 1. The van der Waals surface area contributed by atoms with Gasteiger partial charge in [-0.1, -0.05) is 0 Å².